The number of aliphatic hydroxyl groups excluding tert-OH is 1. The monoisotopic (exact) mass is 1340 g/mol. The lowest BCUT2D eigenvalue weighted by atomic mass is 9.99. The van der Waals surface area contributed by atoms with Crippen molar-refractivity contribution in [3.63, 3.8) is 0 Å². The molecule has 91 heavy (non-hydrogen) atoms. The van der Waals surface area contributed by atoms with Gasteiger partial charge in [0.15, 0.2) is 12.2 Å². The smallest absolute Gasteiger partial charge is 0.462 e. The molecule has 0 amide bonds. The summed E-state index contributed by atoms with van der Waals surface area (Å²) in [6, 6.07) is 0. The summed E-state index contributed by atoms with van der Waals surface area (Å²) < 4.78 is 68.3. The van der Waals surface area contributed by atoms with Gasteiger partial charge < -0.3 is 33.8 Å². The van der Waals surface area contributed by atoms with E-state index in [9.17, 15) is 43.2 Å². The lowest BCUT2D eigenvalue weighted by Gasteiger charge is -2.21. The molecule has 3 N–H and O–H groups in total. The van der Waals surface area contributed by atoms with Crippen molar-refractivity contribution in [1.82, 2.24) is 0 Å². The molecule has 0 saturated heterocycles. The molecule has 0 aromatic carbocycles. The van der Waals surface area contributed by atoms with Gasteiger partial charge in [-0.1, -0.05) is 306 Å². The largest absolute Gasteiger partial charge is 0.472 e. The highest BCUT2D eigenvalue weighted by Crippen LogP contribution is 2.45. The van der Waals surface area contributed by atoms with Crippen molar-refractivity contribution in [3.05, 3.63) is 0 Å². The topological polar surface area (TPSA) is 237 Å². The number of hydrogen-bond acceptors (Lipinski definition) is 15. The molecule has 0 aromatic heterocycles. The minimum atomic E-state index is -4.95. The fourth-order valence-corrected chi connectivity index (χ4v) is 12.4. The molecule has 0 spiro atoms. The van der Waals surface area contributed by atoms with Crippen LogP contribution in [0, 0.1) is 23.7 Å². The van der Waals surface area contributed by atoms with Gasteiger partial charge in [0.25, 0.3) is 0 Å². The van der Waals surface area contributed by atoms with Gasteiger partial charge in [-0.2, -0.15) is 0 Å². The Morgan fingerprint density at radius 3 is 0.780 bits per heavy atom. The summed E-state index contributed by atoms with van der Waals surface area (Å²) in [6.45, 7) is 14.1. The zero-order chi connectivity index (χ0) is 67.5. The SMILES string of the molecule is CCC(C)CCCCCCCCCCC(=O)O[C@H](COC(=O)CCCCCCCCCCCCCCCCC(C)C)COP(=O)(O)OCC(O)COP(=O)(O)OC[C@@H](COC(=O)CCCCCCCCCCC(C)C)OC(=O)CCCCCCCCCCC(C)C. The van der Waals surface area contributed by atoms with Gasteiger partial charge in [-0.15, -0.1) is 0 Å². The van der Waals surface area contributed by atoms with Gasteiger partial charge in [-0.3, -0.25) is 37.3 Å². The Morgan fingerprint density at radius 1 is 0.308 bits per heavy atom. The summed E-state index contributed by atoms with van der Waals surface area (Å²) >= 11 is 0. The highest BCUT2D eigenvalue weighted by Gasteiger charge is 2.30. The molecule has 17 nitrogen and oxygen atoms in total. The van der Waals surface area contributed by atoms with Gasteiger partial charge in [-0.05, 0) is 49.4 Å². The highest BCUT2D eigenvalue weighted by molar-refractivity contribution is 7.47. The van der Waals surface area contributed by atoms with E-state index in [4.69, 9.17) is 37.0 Å². The van der Waals surface area contributed by atoms with Crippen molar-refractivity contribution in [2.24, 2.45) is 23.7 Å². The minimum absolute atomic E-state index is 0.103. The molecular weight excluding hydrogens is 1200 g/mol. The lowest BCUT2D eigenvalue weighted by molar-refractivity contribution is -0.161. The standard InChI is InChI=1S/C72H140O17P2/c1-9-65(8)51-43-35-27-20-23-31-39-47-55-72(77)89-67(58-82-69(74)52-44-36-28-17-15-13-11-10-12-14-16-24-32-40-48-62(2)3)60-86-90(78,79)84-56-66(73)57-85-91(80,81)87-61-68(88-71(76)54-46-38-30-22-19-26-34-42-50-64(6)7)59-83-70(75)53-45-37-29-21-18-25-33-41-49-63(4)5/h62-68,73H,9-61H2,1-8H3,(H,78,79)(H,80,81)/t65?,66?,67-,68-/m1/s1. The number of ether oxygens (including phenoxy) is 4. The molecule has 0 aromatic rings. The Balaban J connectivity index is 5.23. The predicted octanol–water partition coefficient (Wildman–Crippen LogP) is 20.5. The van der Waals surface area contributed by atoms with Crippen molar-refractivity contribution in [3.8, 4) is 0 Å². The minimum Gasteiger partial charge on any atom is -0.462 e. The number of hydrogen-bond donors (Lipinski definition) is 3. The number of phosphoric acid groups is 2. The van der Waals surface area contributed by atoms with E-state index >= 15 is 0 Å². The van der Waals surface area contributed by atoms with Crippen molar-refractivity contribution in [2.75, 3.05) is 39.6 Å². The second-order valence-corrected chi connectivity index (χ2v) is 30.6. The Hall–Kier alpha value is -1.94. The van der Waals surface area contributed by atoms with Gasteiger partial charge in [0.2, 0.25) is 0 Å². The summed E-state index contributed by atoms with van der Waals surface area (Å²) in [5.74, 6) is 0.884. The first kappa shape index (κ1) is 89.1. The van der Waals surface area contributed by atoms with Crippen molar-refractivity contribution in [2.45, 2.75) is 375 Å². The van der Waals surface area contributed by atoms with Gasteiger partial charge in [0.1, 0.15) is 19.3 Å². The van der Waals surface area contributed by atoms with Gasteiger partial charge in [0, 0.05) is 25.7 Å². The quantitative estimate of drug-likeness (QED) is 0.0222. The van der Waals surface area contributed by atoms with E-state index in [0.29, 0.717) is 25.7 Å². The van der Waals surface area contributed by atoms with Crippen LogP contribution >= 0.6 is 15.6 Å². The maximum absolute atomic E-state index is 13.0. The predicted molar refractivity (Wildman–Crippen MR) is 367 cm³/mol. The average molecular weight is 1340 g/mol. The van der Waals surface area contributed by atoms with E-state index < -0.39 is 97.5 Å². The van der Waals surface area contributed by atoms with Crippen LogP contribution in [0.2, 0.25) is 0 Å². The molecule has 0 fully saturated rings. The molecule has 0 radical (unpaired) electrons. The lowest BCUT2D eigenvalue weighted by Crippen LogP contribution is -2.30. The van der Waals surface area contributed by atoms with E-state index in [1.165, 1.54) is 161 Å². The molecule has 0 heterocycles. The van der Waals surface area contributed by atoms with Crippen LogP contribution in [-0.4, -0.2) is 96.7 Å². The zero-order valence-electron chi connectivity index (χ0n) is 59.5. The Morgan fingerprint density at radius 2 is 0.527 bits per heavy atom. The molecule has 4 unspecified atom stereocenters. The van der Waals surface area contributed by atoms with Crippen LogP contribution in [0.5, 0.6) is 0 Å². The number of carbonyl (C=O) groups excluding carboxylic acids is 4. The number of unbranched alkanes of at least 4 members (excludes halogenated alkanes) is 34. The number of carbonyl (C=O) groups is 4. The van der Waals surface area contributed by atoms with E-state index in [0.717, 1.165) is 114 Å². The fourth-order valence-electron chi connectivity index (χ4n) is 10.8. The second kappa shape index (κ2) is 61.6. The van der Waals surface area contributed by atoms with Crippen LogP contribution in [0.4, 0.5) is 0 Å². The third-order valence-corrected chi connectivity index (χ3v) is 18.8. The van der Waals surface area contributed by atoms with Crippen LogP contribution < -0.4 is 0 Å². The van der Waals surface area contributed by atoms with Crippen molar-refractivity contribution < 1.29 is 80.2 Å². The maximum atomic E-state index is 13.0. The van der Waals surface area contributed by atoms with Gasteiger partial charge >= 0.3 is 39.5 Å². The normalized spacial score (nSPS) is 14.5. The molecule has 6 atom stereocenters. The van der Waals surface area contributed by atoms with E-state index in [2.05, 4.69) is 55.4 Å². The third-order valence-electron chi connectivity index (χ3n) is 16.9. The maximum Gasteiger partial charge on any atom is 0.472 e. The second-order valence-electron chi connectivity index (χ2n) is 27.6. The molecule has 0 aliphatic carbocycles. The zero-order valence-corrected chi connectivity index (χ0v) is 61.3. The molecule has 0 saturated carbocycles. The number of esters is 4. The summed E-state index contributed by atoms with van der Waals surface area (Å²) in [5, 5.41) is 10.6. The third kappa shape index (κ3) is 65.1. The summed E-state index contributed by atoms with van der Waals surface area (Å²) in [5.41, 5.74) is 0. The fraction of sp³-hybridized carbons (Fsp3) is 0.944. The van der Waals surface area contributed by atoms with Crippen molar-refractivity contribution in [1.29, 1.82) is 0 Å². The van der Waals surface area contributed by atoms with Crippen LogP contribution in [0.15, 0.2) is 0 Å². The van der Waals surface area contributed by atoms with E-state index in [1.807, 2.05) is 0 Å². The first-order valence-corrected chi connectivity index (χ1v) is 40.2. The first-order chi connectivity index (χ1) is 43.6. The Labute approximate surface area is 556 Å². The summed E-state index contributed by atoms with van der Waals surface area (Å²) in [4.78, 5) is 72.6. The summed E-state index contributed by atoms with van der Waals surface area (Å²) in [7, 11) is -9.91. The van der Waals surface area contributed by atoms with Crippen LogP contribution in [0.25, 0.3) is 0 Å². The molecule has 0 aliphatic heterocycles. The number of rotatable bonds is 69. The van der Waals surface area contributed by atoms with Gasteiger partial charge in [0.05, 0.1) is 26.4 Å². The molecule has 19 heteroatoms. The molecule has 0 bridgehead atoms. The first-order valence-electron chi connectivity index (χ1n) is 37.2. The van der Waals surface area contributed by atoms with Gasteiger partial charge in [-0.25, -0.2) is 9.13 Å². The molecule has 0 rings (SSSR count). The van der Waals surface area contributed by atoms with Crippen molar-refractivity contribution >= 4 is 39.5 Å². The Kier molecular flexibility index (Phi) is 60.3. The van der Waals surface area contributed by atoms with Crippen LogP contribution in [0.1, 0.15) is 357 Å². The average Bonchev–Trinajstić information content (AvgIpc) is 3.70. The van der Waals surface area contributed by atoms with Crippen LogP contribution in [-0.2, 0) is 65.4 Å². The van der Waals surface area contributed by atoms with E-state index in [1.54, 1.807) is 0 Å². The summed E-state index contributed by atoms with van der Waals surface area (Å²) in [6.07, 6.45) is 44.5. The van der Waals surface area contributed by atoms with E-state index in [-0.39, 0.29) is 25.7 Å². The molecule has 540 valence electrons. The number of phosphoric ester groups is 2. The highest BCUT2D eigenvalue weighted by atomic mass is 31.2. The van der Waals surface area contributed by atoms with Crippen LogP contribution in [0.3, 0.4) is 0 Å². The molecular formula is C72H140O17P2. The number of aliphatic hydroxyl groups is 1. The molecule has 0 aliphatic rings. The Bertz CT molecular complexity index is 1800.